The first kappa shape index (κ1) is 89.3. The zero-order valence-corrected chi connectivity index (χ0v) is 59.6. The average molecular weight is 1440 g/mol. The van der Waals surface area contributed by atoms with Crippen molar-refractivity contribution in [3.05, 3.63) is 35.9 Å². The Morgan fingerprint density at radius 2 is 1.03 bits per heavy atom. The van der Waals surface area contributed by atoms with E-state index in [9.17, 15) is 62.6 Å². The van der Waals surface area contributed by atoms with E-state index in [1.165, 1.54) is 23.5 Å². The number of guanidine groups is 1. The number of hydrogen-bond acceptors (Lipinski definition) is 21. The van der Waals surface area contributed by atoms with Gasteiger partial charge < -0.3 is 100 Å². The third-order valence-corrected chi connectivity index (χ3v) is 15.8. The van der Waals surface area contributed by atoms with Crippen LogP contribution in [0.4, 0.5) is 0 Å². The molecular weight excluding hydrogens is 1330 g/mol. The smallest absolute Gasteiger partial charge is 0.305 e. The molecule has 0 fully saturated rings. The molecule has 0 saturated carbocycles. The highest BCUT2D eigenvalue weighted by Crippen LogP contribution is 2.25. The van der Waals surface area contributed by atoms with Crippen molar-refractivity contribution in [3.63, 3.8) is 0 Å². The van der Waals surface area contributed by atoms with Crippen LogP contribution in [0.2, 0.25) is 0 Å². The van der Waals surface area contributed by atoms with Crippen molar-refractivity contribution < 1.29 is 81.6 Å². The van der Waals surface area contributed by atoms with Gasteiger partial charge in [0.15, 0.2) is 5.96 Å². The Morgan fingerprint density at radius 3 is 1.59 bits per heavy atom. The summed E-state index contributed by atoms with van der Waals surface area (Å²) in [6, 6.07) is -0.591. The van der Waals surface area contributed by atoms with Gasteiger partial charge in [-0.2, -0.15) is 36.2 Å². The minimum atomic E-state index is -1.81. The molecule has 0 saturated heterocycles. The van der Waals surface area contributed by atoms with Crippen molar-refractivity contribution in [1.29, 1.82) is 0 Å². The maximum atomic E-state index is 14.0. The van der Waals surface area contributed by atoms with Crippen LogP contribution < -0.4 is 76.1 Å². The molecule has 0 aliphatic rings. The summed E-state index contributed by atoms with van der Waals surface area (Å²) in [7, 11) is 0. The summed E-state index contributed by atoms with van der Waals surface area (Å²) in [4.78, 5) is 159. The molecule has 0 bridgehead atoms. The Labute approximate surface area is 581 Å². The minimum absolute atomic E-state index is 0.0326. The number of nitrogens with two attached hydrogens (primary N) is 4. The number of thioether (sulfide) groups is 2. The van der Waals surface area contributed by atoms with Gasteiger partial charge in [-0.25, -0.2) is 0 Å². The largest absolute Gasteiger partial charge is 0.481 e. The number of carbonyl (C=O) groups excluding carboxylic acids is 11. The van der Waals surface area contributed by atoms with Gasteiger partial charge in [-0.15, -0.1) is 11.6 Å². The SMILES string of the molecule is CCOCCNC(=O)[C@H](CSC(C)(C)C)NC(=O)[C@H](Cc1ccccc1)NC(=O)[C@H](CS)NC(=O)[C@H](CC(=O)O)NC(=O)CNC(=O)[C@H](CCCN=C(N)N)NC(=O)[C@H](CSC(C)(C)C)NC(=O)[C@H](CCCCN)NC(=O)CCl.CCOCCOCCNC(=O)COCC(N)=O. The van der Waals surface area contributed by atoms with E-state index in [4.69, 9.17) is 53.5 Å². The molecule has 0 radical (unpaired) electrons. The molecule has 0 aliphatic carbocycles. The second-order valence-electron chi connectivity index (χ2n) is 23.1. The zero-order valence-electron chi connectivity index (χ0n) is 56.3. The number of benzene rings is 1. The summed E-state index contributed by atoms with van der Waals surface area (Å²) in [6.45, 7) is 17.8. The van der Waals surface area contributed by atoms with Crippen LogP contribution in [0.15, 0.2) is 35.3 Å². The molecule has 0 aliphatic heterocycles. The van der Waals surface area contributed by atoms with E-state index in [0.29, 0.717) is 64.5 Å². The predicted molar refractivity (Wildman–Crippen MR) is 371 cm³/mol. The topological polar surface area (TPSA) is 499 Å². The molecule has 0 heterocycles. The van der Waals surface area contributed by atoms with Crippen LogP contribution in [-0.4, -0.2) is 243 Å². The number of halogens is 1. The molecule has 0 unspecified atom stereocenters. The highest BCUT2D eigenvalue weighted by Gasteiger charge is 2.35. The first-order valence-corrected chi connectivity index (χ1v) is 34.4. The van der Waals surface area contributed by atoms with Crippen LogP contribution in [0.5, 0.6) is 0 Å². The van der Waals surface area contributed by atoms with Crippen LogP contribution in [0, 0.1) is 0 Å². The molecule has 1 rings (SSSR count). The highest BCUT2D eigenvalue weighted by atomic mass is 35.5. The molecule has 32 nitrogen and oxygen atoms in total. The van der Waals surface area contributed by atoms with Gasteiger partial charge >= 0.3 is 5.97 Å². The van der Waals surface area contributed by atoms with Crippen LogP contribution in [0.3, 0.4) is 0 Å². The molecule has 0 aromatic heterocycles. The van der Waals surface area contributed by atoms with Crippen molar-refractivity contribution in [3.8, 4) is 0 Å². The Bertz CT molecular complexity index is 2590. The minimum Gasteiger partial charge on any atom is -0.481 e. The average Bonchev–Trinajstić information content (AvgIpc) is 0.901. The summed E-state index contributed by atoms with van der Waals surface area (Å²) in [5, 5.41) is 35.4. The number of primary amides is 1. The fourth-order valence-electron chi connectivity index (χ4n) is 7.77. The third-order valence-electron chi connectivity index (χ3n) is 12.5. The Hall–Kier alpha value is -6.73. The third kappa shape index (κ3) is 45.7. The van der Waals surface area contributed by atoms with Gasteiger partial charge in [-0.3, -0.25) is 62.5 Å². The van der Waals surface area contributed by atoms with E-state index in [-0.39, 0.29) is 97.2 Å². The number of carbonyl (C=O) groups is 12. The number of thiol groups is 1. The van der Waals surface area contributed by atoms with Crippen molar-refractivity contribution in [2.45, 2.75) is 152 Å². The number of nitrogens with one attached hydrogen (secondary N) is 10. The summed E-state index contributed by atoms with van der Waals surface area (Å²) in [5.74, 6) is -10.4. The number of carboxylic acids is 1. The molecule has 19 N–H and O–H groups in total. The van der Waals surface area contributed by atoms with E-state index < -0.39 is 126 Å². The molecule has 36 heteroatoms. The highest BCUT2D eigenvalue weighted by molar-refractivity contribution is 8.00. The van der Waals surface area contributed by atoms with Crippen molar-refractivity contribution in [2.75, 3.05) is 109 Å². The van der Waals surface area contributed by atoms with Crippen LogP contribution >= 0.6 is 47.8 Å². The number of aliphatic carboxylic acids is 1. The van der Waals surface area contributed by atoms with E-state index in [0.717, 1.165) is 0 Å². The first-order chi connectivity index (χ1) is 45.3. The van der Waals surface area contributed by atoms with Crippen molar-refractivity contribution >= 4 is 125 Å². The van der Waals surface area contributed by atoms with Gasteiger partial charge in [-0.1, -0.05) is 71.9 Å². The monoisotopic (exact) mass is 1440 g/mol. The quantitative estimate of drug-likeness (QED) is 0.0105. The molecule has 0 spiro atoms. The van der Waals surface area contributed by atoms with Crippen LogP contribution in [0.25, 0.3) is 0 Å². The standard InChI is InChI=1S/C50H84ClN13O12S3.C10H20N2O5/c1-8-76-22-21-55-42(70)36(28-78-49(2,3)4)63-44(72)33(23-30-15-10-9-11-16-30)61-46(74)35(27-77)62-45(73)34(24-40(67)68)59-39(66)26-57-41(69)31(18-14-20-56-48(53)54)60-47(75)37(29-79-50(5,6)7)64-43(71)32(17-12-13-19-52)58-38(65)25-51;1-2-15-5-6-16-4-3-12-10(14)8-17-7-9(11)13/h9-11,15-16,31-37,77H,8,12-14,17-29,52H2,1-7H3,(H,55,70)(H,57,69)(H,58,65)(H,59,66)(H,60,75)(H,61,74)(H,62,73)(H,63,72)(H,64,71)(H,67,68)(H4,53,54,56);2-8H2,1H3,(H2,11,13)(H,12,14)/t31-,32-,33-,34-,35-,36-,37-;/m0./s1. The van der Waals surface area contributed by atoms with E-state index >= 15 is 0 Å². The fraction of sp³-hybridized carbons (Fsp3) is 0.683. The number of ether oxygens (including phenoxy) is 4. The zero-order chi connectivity index (χ0) is 72.7. The van der Waals surface area contributed by atoms with E-state index in [1.807, 2.05) is 55.4 Å². The maximum absolute atomic E-state index is 14.0. The normalized spacial score (nSPS) is 13.3. The predicted octanol–water partition coefficient (Wildman–Crippen LogP) is -2.56. The number of alkyl halides is 1. The van der Waals surface area contributed by atoms with Gasteiger partial charge in [0.2, 0.25) is 65.0 Å². The number of unbranched alkanes of at least 4 members (excludes halogenated alkanes) is 1. The van der Waals surface area contributed by atoms with Gasteiger partial charge in [0.25, 0.3) is 0 Å². The van der Waals surface area contributed by atoms with E-state index in [2.05, 4.69) is 70.8 Å². The van der Waals surface area contributed by atoms with Crippen LogP contribution in [0.1, 0.15) is 99.5 Å². The lowest BCUT2D eigenvalue weighted by molar-refractivity contribution is -0.141. The molecule has 1 aromatic carbocycles. The van der Waals surface area contributed by atoms with Crippen molar-refractivity contribution in [2.24, 2.45) is 27.9 Å². The number of carboxylic acid groups (broad SMARTS) is 1. The maximum Gasteiger partial charge on any atom is 0.305 e. The number of aliphatic imine (C=N–C) groups is 1. The second-order valence-corrected chi connectivity index (χ2v) is 27.4. The number of hydrogen-bond donors (Lipinski definition) is 16. The van der Waals surface area contributed by atoms with Gasteiger partial charge in [0.1, 0.15) is 61.4 Å². The number of rotatable bonds is 49. The van der Waals surface area contributed by atoms with Crippen molar-refractivity contribution in [1.82, 2.24) is 53.2 Å². The molecule has 7 atom stereocenters. The lowest BCUT2D eigenvalue weighted by Gasteiger charge is -2.27. The molecular formula is C60H104ClN15O17S3. The number of amides is 11. The Balaban J connectivity index is 0.00000461. The summed E-state index contributed by atoms with van der Waals surface area (Å²) in [6.07, 6.45) is 0.273. The summed E-state index contributed by atoms with van der Waals surface area (Å²) < 4.78 is 19.6. The molecule has 96 heavy (non-hydrogen) atoms. The van der Waals surface area contributed by atoms with Gasteiger partial charge in [0, 0.05) is 66.0 Å². The summed E-state index contributed by atoms with van der Waals surface area (Å²) in [5.41, 5.74) is 22.1. The number of nitrogens with zero attached hydrogens (tertiary/aromatic N) is 1. The Kier molecular flexibility index (Phi) is 47.9. The first-order valence-electron chi connectivity index (χ1n) is 31.3. The fourth-order valence-corrected chi connectivity index (χ4v) is 9.91. The Morgan fingerprint density at radius 1 is 0.552 bits per heavy atom. The van der Waals surface area contributed by atoms with Crippen LogP contribution in [-0.2, 0) is 82.9 Å². The summed E-state index contributed by atoms with van der Waals surface area (Å²) >= 11 is 12.7. The lowest BCUT2D eigenvalue weighted by Crippen LogP contribution is -2.60. The molecule has 1 aromatic rings. The molecule has 11 amide bonds. The lowest BCUT2D eigenvalue weighted by atomic mass is 10.0. The van der Waals surface area contributed by atoms with Gasteiger partial charge in [-0.05, 0) is 58.1 Å². The van der Waals surface area contributed by atoms with E-state index in [1.54, 1.807) is 30.3 Å². The second kappa shape index (κ2) is 51.5. The van der Waals surface area contributed by atoms with Gasteiger partial charge in [0.05, 0.1) is 39.4 Å². The molecule has 546 valence electrons.